The summed E-state index contributed by atoms with van der Waals surface area (Å²) in [6, 6.07) is 16.6. The lowest BCUT2D eigenvalue weighted by molar-refractivity contribution is 0.0528. The zero-order valence-electron chi connectivity index (χ0n) is 17.7. The first-order chi connectivity index (χ1) is 16.0. The molecular formula is C25H20ClN3O4. The van der Waals surface area contributed by atoms with Crippen molar-refractivity contribution in [3.63, 3.8) is 0 Å². The third-order valence-electron chi connectivity index (χ3n) is 5.02. The van der Waals surface area contributed by atoms with Crippen LogP contribution in [0.25, 0.3) is 5.52 Å². The SMILES string of the molecule is CCOC(=O)c1cc(C(=O)c2ccc(Cl)cc2)n2ccc(C(=O)NCc3ccccn3)cc12. The number of fused-ring (bicyclic) bond motifs is 1. The molecule has 3 heterocycles. The van der Waals surface area contributed by atoms with Crippen molar-refractivity contribution in [1.29, 1.82) is 0 Å². The number of carbonyl (C=O) groups is 3. The molecule has 0 aliphatic heterocycles. The van der Waals surface area contributed by atoms with Gasteiger partial charge in [-0.1, -0.05) is 17.7 Å². The van der Waals surface area contributed by atoms with E-state index in [1.165, 1.54) is 6.07 Å². The van der Waals surface area contributed by atoms with Crippen molar-refractivity contribution in [1.82, 2.24) is 14.7 Å². The predicted molar refractivity (Wildman–Crippen MR) is 124 cm³/mol. The summed E-state index contributed by atoms with van der Waals surface area (Å²) in [7, 11) is 0. The molecule has 1 N–H and O–H groups in total. The second-order valence-corrected chi connectivity index (χ2v) is 7.61. The van der Waals surface area contributed by atoms with Crippen molar-refractivity contribution in [2.24, 2.45) is 0 Å². The fourth-order valence-electron chi connectivity index (χ4n) is 3.41. The number of aromatic nitrogens is 2. The summed E-state index contributed by atoms with van der Waals surface area (Å²) in [5.41, 5.74) is 2.36. The molecule has 0 unspecified atom stereocenters. The molecule has 0 saturated heterocycles. The third kappa shape index (κ3) is 4.78. The highest BCUT2D eigenvalue weighted by atomic mass is 35.5. The molecule has 0 fully saturated rings. The molecule has 33 heavy (non-hydrogen) atoms. The molecule has 166 valence electrons. The molecule has 0 spiro atoms. The van der Waals surface area contributed by atoms with Crippen molar-refractivity contribution in [2.75, 3.05) is 6.61 Å². The number of nitrogens with one attached hydrogen (secondary N) is 1. The van der Waals surface area contributed by atoms with Crippen LogP contribution in [-0.4, -0.2) is 33.7 Å². The van der Waals surface area contributed by atoms with E-state index in [9.17, 15) is 14.4 Å². The highest BCUT2D eigenvalue weighted by molar-refractivity contribution is 6.30. The van der Waals surface area contributed by atoms with Gasteiger partial charge >= 0.3 is 5.97 Å². The minimum atomic E-state index is -0.573. The maximum Gasteiger partial charge on any atom is 0.340 e. The number of carbonyl (C=O) groups excluding carboxylic acids is 3. The zero-order chi connectivity index (χ0) is 23.4. The summed E-state index contributed by atoms with van der Waals surface area (Å²) >= 11 is 5.93. The molecule has 1 aromatic carbocycles. The van der Waals surface area contributed by atoms with Gasteiger partial charge in [-0.2, -0.15) is 0 Å². The van der Waals surface area contributed by atoms with Gasteiger partial charge < -0.3 is 14.5 Å². The number of hydrogen-bond acceptors (Lipinski definition) is 5. The van der Waals surface area contributed by atoms with Gasteiger partial charge in [-0.25, -0.2) is 4.79 Å². The molecule has 0 atom stereocenters. The van der Waals surface area contributed by atoms with Gasteiger partial charge in [0, 0.05) is 28.5 Å². The van der Waals surface area contributed by atoms with E-state index in [-0.39, 0.29) is 36.1 Å². The van der Waals surface area contributed by atoms with Crippen LogP contribution in [-0.2, 0) is 11.3 Å². The van der Waals surface area contributed by atoms with E-state index >= 15 is 0 Å². The maximum atomic E-state index is 13.1. The average Bonchev–Trinajstić information content (AvgIpc) is 3.22. The number of ether oxygens (including phenoxy) is 1. The average molecular weight is 462 g/mol. The van der Waals surface area contributed by atoms with Crippen molar-refractivity contribution in [2.45, 2.75) is 13.5 Å². The number of esters is 1. The third-order valence-corrected chi connectivity index (χ3v) is 5.28. The maximum absolute atomic E-state index is 13.1. The first-order valence-electron chi connectivity index (χ1n) is 10.3. The van der Waals surface area contributed by atoms with Gasteiger partial charge in [0.25, 0.3) is 5.91 Å². The van der Waals surface area contributed by atoms with Gasteiger partial charge in [0.2, 0.25) is 5.78 Å². The Hall–Kier alpha value is -3.97. The van der Waals surface area contributed by atoms with Gasteiger partial charge in [0.15, 0.2) is 0 Å². The normalized spacial score (nSPS) is 10.7. The number of halogens is 1. The Morgan fingerprint density at radius 2 is 1.82 bits per heavy atom. The van der Waals surface area contributed by atoms with Crippen LogP contribution in [0.3, 0.4) is 0 Å². The van der Waals surface area contributed by atoms with Gasteiger partial charge in [-0.15, -0.1) is 0 Å². The molecule has 0 bridgehead atoms. The number of pyridine rings is 2. The number of rotatable bonds is 7. The first-order valence-corrected chi connectivity index (χ1v) is 10.7. The van der Waals surface area contributed by atoms with E-state index in [1.54, 1.807) is 66.2 Å². The topological polar surface area (TPSA) is 89.8 Å². The van der Waals surface area contributed by atoms with Crippen LogP contribution in [0.5, 0.6) is 0 Å². The fraction of sp³-hybridized carbons (Fsp3) is 0.120. The standard InChI is InChI=1S/C25H20ClN3O4/c1-2-33-25(32)20-14-22(23(30)16-6-8-18(26)9-7-16)29-12-10-17(13-21(20)29)24(31)28-15-19-5-3-4-11-27-19/h3-14H,2,15H2,1H3,(H,28,31). The summed E-state index contributed by atoms with van der Waals surface area (Å²) in [6.45, 7) is 2.14. The van der Waals surface area contributed by atoms with Crippen LogP contribution in [0.15, 0.2) is 73.1 Å². The van der Waals surface area contributed by atoms with Gasteiger partial charge in [0.1, 0.15) is 0 Å². The summed E-state index contributed by atoms with van der Waals surface area (Å²) in [6.07, 6.45) is 3.25. The second-order valence-electron chi connectivity index (χ2n) is 7.17. The van der Waals surface area contributed by atoms with Crippen LogP contribution >= 0.6 is 11.6 Å². The molecular weight excluding hydrogens is 442 g/mol. The van der Waals surface area contributed by atoms with Crippen molar-refractivity contribution in [3.05, 3.63) is 106 Å². The lowest BCUT2D eigenvalue weighted by Crippen LogP contribution is -2.23. The van der Waals surface area contributed by atoms with Crippen molar-refractivity contribution in [3.8, 4) is 0 Å². The van der Waals surface area contributed by atoms with Crippen LogP contribution in [0.4, 0.5) is 0 Å². The summed E-state index contributed by atoms with van der Waals surface area (Å²) in [5.74, 6) is -1.19. The molecule has 0 radical (unpaired) electrons. The van der Waals surface area contributed by atoms with Crippen LogP contribution < -0.4 is 5.32 Å². The lowest BCUT2D eigenvalue weighted by Gasteiger charge is -2.08. The summed E-state index contributed by atoms with van der Waals surface area (Å²) < 4.78 is 6.75. The highest BCUT2D eigenvalue weighted by Gasteiger charge is 2.22. The number of hydrogen-bond donors (Lipinski definition) is 1. The zero-order valence-corrected chi connectivity index (χ0v) is 18.5. The molecule has 4 rings (SSSR count). The molecule has 1 amide bonds. The largest absolute Gasteiger partial charge is 0.462 e. The van der Waals surface area contributed by atoms with E-state index < -0.39 is 5.97 Å². The molecule has 4 aromatic rings. The van der Waals surface area contributed by atoms with E-state index in [2.05, 4.69) is 10.3 Å². The van der Waals surface area contributed by atoms with Crippen molar-refractivity contribution >= 4 is 34.8 Å². The lowest BCUT2D eigenvalue weighted by atomic mass is 10.1. The molecule has 0 aliphatic carbocycles. The quantitative estimate of drug-likeness (QED) is 0.327. The summed E-state index contributed by atoms with van der Waals surface area (Å²) in [4.78, 5) is 42.6. The Morgan fingerprint density at radius 1 is 1.03 bits per heavy atom. The minimum Gasteiger partial charge on any atom is -0.462 e. The van der Waals surface area contributed by atoms with E-state index in [1.807, 2.05) is 12.1 Å². The number of ketones is 1. The predicted octanol–water partition coefficient (Wildman–Crippen LogP) is 4.33. The molecule has 3 aromatic heterocycles. The highest BCUT2D eigenvalue weighted by Crippen LogP contribution is 2.23. The molecule has 8 heteroatoms. The Labute approximate surface area is 195 Å². The van der Waals surface area contributed by atoms with E-state index in [0.29, 0.717) is 21.7 Å². The van der Waals surface area contributed by atoms with Crippen LogP contribution in [0, 0.1) is 0 Å². The van der Waals surface area contributed by atoms with Crippen LogP contribution in [0.2, 0.25) is 5.02 Å². The van der Waals surface area contributed by atoms with E-state index in [0.717, 1.165) is 5.69 Å². The first kappa shape index (κ1) is 22.2. The Bertz CT molecular complexity index is 1330. The number of amides is 1. The van der Waals surface area contributed by atoms with Gasteiger partial charge in [-0.3, -0.25) is 14.6 Å². The Morgan fingerprint density at radius 3 is 2.52 bits per heavy atom. The molecule has 7 nitrogen and oxygen atoms in total. The molecule has 0 saturated carbocycles. The van der Waals surface area contributed by atoms with Gasteiger partial charge in [-0.05, 0) is 61.5 Å². The minimum absolute atomic E-state index is 0.181. The fourth-order valence-corrected chi connectivity index (χ4v) is 3.54. The Kier molecular flexibility index (Phi) is 6.51. The van der Waals surface area contributed by atoms with Crippen LogP contribution in [0.1, 0.15) is 49.4 Å². The smallest absolute Gasteiger partial charge is 0.340 e. The number of nitrogens with zero attached hydrogens (tertiary/aromatic N) is 2. The molecule has 0 aliphatic rings. The second kappa shape index (κ2) is 9.67. The summed E-state index contributed by atoms with van der Waals surface area (Å²) in [5, 5.41) is 3.32. The number of benzene rings is 1. The Balaban J connectivity index is 1.70. The van der Waals surface area contributed by atoms with E-state index in [4.69, 9.17) is 16.3 Å². The van der Waals surface area contributed by atoms with Gasteiger partial charge in [0.05, 0.1) is 35.6 Å². The van der Waals surface area contributed by atoms with Crippen molar-refractivity contribution < 1.29 is 19.1 Å². The monoisotopic (exact) mass is 461 g/mol.